The third-order valence-corrected chi connectivity index (χ3v) is 11.9. The molecule has 0 atom stereocenters. The van der Waals surface area contributed by atoms with Crippen LogP contribution in [0.5, 0.6) is 0 Å². The van der Waals surface area contributed by atoms with Crippen molar-refractivity contribution < 1.29 is 0 Å². The van der Waals surface area contributed by atoms with Crippen molar-refractivity contribution in [1.29, 1.82) is 0 Å². The highest BCUT2D eigenvalue weighted by atomic mass is 15.1. The Morgan fingerprint density at radius 3 is 1.50 bits per heavy atom. The molecule has 1 aliphatic rings. The highest BCUT2D eigenvalue weighted by molar-refractivity contribution is 6.01. The molecule has 9 aromatic rings. The molecule has 0 bridgehead atoms. The van der Waals surface area contributed by atoms with E-state index >= 15 is 0 Å². The van der Waals surface area contributed by atoms with Crippen molar-refractivity contribution in [3.8, 4) is 66.8 Å². The molecule has 0 amide bonds. The summed E-state index contributed by atoms with van der Waals surface area (Å²) in [6.45, 7) is 4.73. The summed E-state index contributed by atoms with van der Waals surface area (Å²) in [6.07, 6.45) is 0. The molecule has 1 nitrogen and oxygen atoms in total. The van der Waals surface area contributed by atoms with Gasteiger partial charge in [-0.25, -0.2) is 0 Å². The molecule has 0 saturated heterocycles. The fraction of sp³-hybridized carbons (Fsp3) is 0.0526. The third-order valence-electron chi connectivity index (χ3n) is 11.9. The van der Waals surface area contributed by atoms with Crippen LogP contribution in [0, 0.1) is 0 Å². The summed E-state index contributed by atoms with van der Waals surface area (Å²) < 4.78 is 0. The summed E-state index contributed by atoms with van der Waals surface area (Å²) in [6, 6.07) is 81.8. The van der Waals surface area contributed by atoms with E-state index in [2.05, 4.69) is 243 Å². The Balaban J connectivity index is 1.20. The molecular formula is C57H43N. The normalized spacial score (nSPS) is 12.4. The van der Waals surface area contributed by atoms with Crippen LogP contribution >= 0.6 is 0 Å². The van der Waals surface area contributed by atoms with Crippen LogP contribution in [0.2, 0.25) is 0 Å². The van der Waals surface area contributed by atoms with Gasteiger partial charge in [0.15, 0.2) is 0 Å². The van der Waals surface area contributed by atoms with Crippen LogP contribution in [0.1, 0.15) is 25.0 Å². The van der Waals surface area contributed by atoms with E-state index in [9.17, 15) is 0 Å². The van der Waals surface area contributed by atoms with E-state index in [0.717, 1.165) is 17.1 Å². The van der Waals surface area contributed by atoms with Gasteiger partial charge in [-0.3, -0.25) is 0 Å². The van der Waals surface area contributed by atoms with E-state index in [1.54, 1.807) is 0 Å². The average Bonchev–Trinajstić information content (AvgIpc) is 3.53. The van der Waals surface area contributed by atoms with Crippen molar-refractivity contribution in [2.75, 3.05) is 4.90 Å². The second-order valence-corrected chi connectivity index (χ2v) is 15.7. The highest BCUT2D eigenvalue weighted by Crippen LogP contribution is 2.53. The molecule has 0 N–H and O–H groups in total. The smallest absolute Gasteiger partial charge is 0.0546 e. The van der Waals surface area contributed by atoms with Gasteiger partial charge < -0.3 is 4.90 Å². The number of anilines is 3. The second kappa shape index (κ2) is 14.7. The van der Waals surface area contributed by atoms with Gasteiger partial charge in [-0.15, -0.1) is 0 Å². The van der Waals surface area contributed by atoms with Crippen LogP contribution < -0.4 is 4.90 Å². The lowest BCUT2D eigenvalue weighted by Gasteiger charge is -2.30. The van der Waals surface area contributed by atoms with E-state index in [4.69, 9.17) is 0 Å². The topological polar surface area (TPSA) is 3.24 Å². The molecule has 0 saturated carbocycles. The zero-order valence-corrected chi connectivity index (χ0v) is 32.8. The summed E-state index contributed by atoms with van der Waals surface area (Å²) >= 11 is 0. The van der Waals surface area contributed by atoms with Gasteiger partial charge in [-0.2, -0.15) is 0 Å². The zero-order chi connectivity index (χ0) is 39.1. The Kier molecular flexibility index (Phi) is 8.92. The van der Waals surface area contributed by atoms with E-state index < -0.39 is 0 Å². The minimum atomic E-state index is -0.107. The molecule has 0 aliphatic heterocycles. The molecule has 0 unspecified atom stereocenters. The molecule has 0 aromatic heterocycles. The fourth-order valence-electron chi connectivity index (χ4n) is 9.20. The van der Waals surface area contributed by atoms with Gasteiger partial charge in [-0.05, 0) is 103 Å². The minimum absolute atomic E-state index is 0.107. The Bertz CT molecular complexity index is 2890. The van der Waals surface area contributed by atoms with Crippen LogP contribution in [0.4, 0.5) is 17.1 Å². The third kappa shape index (κ3) is 6.13. The van der Waals surface area contributed by atoms with Crippen molar-refractivity contribution in [2.45, 2.75) is 19.3 Å². The maximum Gasteiger partial charge on any atom is 0.0546 e. The van der Waals surface area contributed by atoms with Crippen molar-refractivity contribution >= 4 is 17.1 Å². The fourth-order valence-corrected chi connectivity index (χ4v) is 9.20. The molecule has 10 rings (SSSR count). The molecule has 0 radical (unpaired) electrons. The first-order valence-corrected chi connectivity index (χ1v) is 20.2. The maximum atomic E-state index is 2.45. The van der Waals surface area contributed by atoms with Crippen LogP contribution in [0.3, 0.4) is 0 Å². The molecule has 1 aliphatic carbocycles. The molecule has 58 heavy (non-hydrogen) atoms. The molecule has 9 aromatic carbocycles. The summed E-state index contributed by atoms with van der Waals surface area (Å²) in [7, 11) is 0. The molecule has 0 fully saturated rings. The molecule has 0 spiro atoms. The number of nitrogens with zero attached hydrogens (tertiary/aromatic N) is 1. The van der Waals surface area contributed by atoms with E-state index in [-0.39, 0.29) is 5.41 Å². The number of hydrogen-bond donors (Lipinski definition) is 0. The van der Waals surface area contributed by atoms with Gasteiger partial charge in [0.2, 0.25) is 0 Å². The van der Waals surface area contributed by atoms with Crippen molar-refractivity contribution in [3.63, 3.8) is 0 Å². The van der Waals surface area contributed by atoms with Gasteiger partial charge in [0.05, 0.1) is 5.69 Å². The lowest BCUT2D eigenvalue weighted by atomic mass is 9.79. The van der Waals surface area contributed by atoms with Crippen molar-refractivity contribution in [3.05, 3.63) is 236 Å². The Labute approximate surface area is 342 Å². The van der Waals surface area contributed by atoms with Gasteiger partial charge in [0.1, 0.15) is 0 Å². The second-order valence-electron chi connectivity index (χ2n) is 15.7. The van der Waals surface area contributed by atoms with Gasteiger partial charge in [0.25, 0.3) is 0 Å². The lowest BCUT2D eigenvalue weighted by Crippen LogP contribution is -2.16. The summed E-state index contributed by atoms with van der Waals surface area (Å²) in [5.41, 5.74) is 20.6. The predicted molar refractivity (Wildman–Crippen MR) is 246 cm³/mol. The summed E-state index contributed by atoms with van der Waals surface area (Å²) in [4.78, 5) is 2.45. The number of benzene rings is 9. The number of rotatable bonds is 8. The zero-order valence-electron chi connectivity index (χ0n) is 32.8. The molecular weight excluding hydrogens is 699 g/mol. The first-order chi connectivity index (χ1) is 28.6. The van der Waals surface area contributed by atoms with Gasteiger partial charge in [0, 0.05) is 22.4 Å². The summed E-state index contributed by atoms with van der Waals surface area (Å²) in [5, 5.41) is 0. The predicted octanol–water partition coefficient (Wildman–Crippen LogP) is 15.8. The SMILES string of the molecule is CC1(C)c2ccccc2-c2cccc(-c3ccc(N(c4cccc(-c5ccccc5)c4)c4cccc(-c5ccccc5)c4-c4ccccc4-c4ccccc4)cc3)c21. The monoisotopic (exact) mass is 741 g/mol. The standard InChI is InChI=1S/C57H43N/c1-57(2)53-33-15-14-28-50(53)52-32-17-31-49(56(52)57)43-35-37-45(38-36-43)58(46-26-16-25-44(39-46)40-19-6-3-7-20-40)54-34-18-30-48(42-23-10-5-11-24-42)55(54)51-29-13-12-27-47(51)41-21-8-4-9-22-41/h3-39H,1-2H3. The Morgan fingerprint density at radius 2 is 0.793 bits per heavy atom. The number of hydrogen-bond acceptors (Lipinski definition) is 1. The van der Waals surface area contributed by atoms with Gasteiger partial charge >= 0.3 is 0 Å². The molecule has 1 heteroatoms. The number of fused-ring (bicyclic) bond motifs is 3. The Hall–Kier alpha value is -7.22. The van der Waals surface area contributed by atoms with Crippen LogP contribution in [0.15, 0.2) is 224 Å². The highest BCUT2D eigenvalue weighted by Gasteiger charge is 2.37. The first-order valence-electron chi connectivity index (χ1n) is 20.2. The van der Waals surface area contributed by atoms with Crippen LogP contribution in [-0.4, -0.2) is 0 Å². The van der Waals surface area contributed by atoms with E-state index in [1.807, 2.05) is 0 Å². The van der Waals surface area contributed by atoms with Crippen molar-refractivity contribution in [2.24, 2.45) is 0 Å². The van der Waals surface area contributed by atoms with Crippen LogP contribution in [-0.2, 0) is 5.41 Å². The first kappa shape index (κ1) is 35.2. The van der Waals surface area contributed by atoms with Crippen molar-refractivity contribution in [1.82, 2.24) is 0 Å². The summed E-state index contributed by atoms with van der Waals surface area (Å²) in [5.74, 6) is 0. The minimum Gasteiger partial charge on any atom is -0.310 e. The lowest BCUT2D eigenvalue weighted by molar-refractivity contribution is 0.662. The largest absolute Gasteiger partial charge is 0.310 e. The molecule has 276 valence electrons. The molecule has 0 heterocycles. The average molecular weight is 742 g/mol. The van der Waals surface area contributed by atoms with E-state index in [0.29, 0.717) is 0 Å². The van der Waals surface area contributed by atoms with Crippen LogP contribution in [0.25, 0.3) is 66.8 Å². The Morgan fingerprint density at radius 1 is 0.310 bits per heavy atom. The van der Waals surface area contributed by atoms with E-state index in [1.165, 1.54) is 77.9 Å². The quantitative estimate of drug-likeness (QED) is 0.150. The maximum absolute atomic E-state index is 2.45. The van der Waals surface area contributed by atoms with Gasteiger partial charge in [-0.1, -0.05) is 208 Å².